The fraction of sp³-hybridized carbons (Fsp3) is 1.00. The zero-order chi connectivity index (χ0) is 11.7. The predicted molar refractivity (Wildman–Crippen MR) is 63.9 cm³/mol. The van der Waals surface area contributed by atoms with Crippen molar-refractivity contribution >= 4 is 0 Å². The van der Waals surface area contributed by atoms with Gasteiger partial charge >= 0.3 is 0 Å². The standard InChI is InChI=1S/C11H23N5/c1-2-3-4-5-6-7-8-9-10-11(12)13-15-16-14-11/h2-10,12H2,1H3. The lowest BCUT2D eigenvalue weighted by Crippen LogP contribution is -2.32. The molecule has 5 heteroatoms. The van der Waals surface area contributed by atoms with Gasteiger partial charge in [0, 0.05) is 6.42 Å². The lowest BCUT2D eigenvalue weighted by Gasteiger charge is -2.12. The molecule has 0 bridgehead atoms. The number of nitrogens with zero attached hydrogens (tertiary/aromatic N) is 4. The van der Waals surface area contributed by atoms with Gasteiger partial charge in [0.25, 0.3) is 0 Å². The summed E-state index contributed by atoms with van der Waals surface area (Å²) < 4.78 is 0. The largest absolute Gasteiger partial charge is 0.285 e. The average molecular weight is 225 g/mol. The zero-order valence-electron chi connectivity index (χ0n) is 10.2. The van der Waals surface area contributed by atoms with Crippen molar-refractivity contribution in [2.45, 2.75) is 70.5 Å². The van der Waals surface area contributed by atoms with Gasteiger partial charge in [-0.3, -0.25) is 5.73 Å². The summed E-state index contributed by atoms with van der Waals surface area (Å²) in [6.45, 7) is 2.24. The fourth-order valence-corrected chi connectivity index (χ4v) is 1.83. The second kappa shape index (κ2) is 7.44. The van der Waals surface area contributed by atoms with Gasteiger partial charge in [-0.1, -0.05) is 51.9 Å². The molecule has 16 heavy (non-hydrogen) atoms. The summed E-state index contributed by atoms with van der Waals surface area (Å²) in [5.41, 5.74) is 5.82. The Balaban J connectivity index is 1.88. The van der Waals surface area contributed by atoms with Gasteiger partial charge in [-0.15, -0.1) is 10.2 Å². The molecule has 1 aliphatic heterocycles. The van der Waals surface area contributed by atoms with Gasteiger partial charge in [0.15, 0.2) is 0 Å². The second-order valence-corrected chi connectivity index (χ2v) is 4.48. The van der Waals surface area contributed by atoms with Crippen LogP contribution in [0.15, 0.2) is 20.7 Å². The molecule has 0 radical (unpaired) electrons. The van der Waals surface area contributed by atoms with E-state index in [1.807, 2.05) is 0 Å². The van der Waals surface area contributed by atoms with Crippen molar-refractivity contribution in [1.82, 2.24) is 0 Å². The van der Waals surface area contributed by atoms with Crippen LogP contribution in [-0.4, -0.2) is 5.79 Å². The Morgan fingerprint density at radius 2 is 1.31 bits per heavy atom. The summed E-state index contributed by atoms with van der Waals surface area (Å²) in [7, 11) is 0. The van der Waals surface area contributed by atoms with Crippen molar-refractivity contribution in [3.05, 3.63) is 0 Å². The predicted octanol–water partition coefficient (Wildman–Crippen LogP) is 3.96. The Morgan fingerprint density at radius 3 is 1.88 bits per heavy atom. The molecule has 0 fully saturated rings. The second-order valence-electron chi connectivity index (χ2n) is 4.48. The molecule has 0 saturated carbocycles. The highest BCUT2D eigenvalue weighted by Gasteiger charge is 2.26. The van der Waals surface area contributed by atoms with E-state index in [4.69, 9.17) is 5.73 Å². The summed E-state index contributed by atoms with van der Waals surface area (Å²) in [6.07, 6.45) is 11.1. The molecule has 0 amide bonds. The SMILES string of the molecule is CCCCCCCCCCC1(N)N=NN=N1. The monoisotopic (exact) mass is 225 g/mol. The molecule has 0 atom stereocenters. The molecule has 1 heterocycles. The summed E-state index contributed by atoms with van der Waals surface area (Å²) >= 11 is 0. The van der Waals surface area contributed by atoms with E-state index in [-0.39, 0.29) is 0 Å². The van der Waals surface area contributed by atoms with Gasteiger partial charge in [-0.2, -0.15) is 0 Å². The smallest absolute Gasteiger partial charge is 0.244 e. The zero-order valence-corrected chi connectivity index (χ0v) is 10.2. The minimum Gasteiger partial charge on any atom is -0.285 e. The summed E-state index contributed by atoms with van der Waals surface area (Å²) in [6, 6.07) is 0. The van der Waals surface area contributed by atoms with Crippen LogP contribution in [0.25, 0.3) is 0 Å². The molecule has 92 valence electrons. The number of hydrogen-bond acceptors (Lipinski definition) is 5. The van der Waals surface area contributed by atoms with E-state index in [2.05, 4.69) is 27.6 Å². The average Bonchev–Trinajstić information content (AvgIpc) is 2.70. The molecular weight excluding hydrogens is 202 g/mol. The van der Waals surface area contributed by atoms with Crippen LogP contribution < -0.4 is 5.73 Å². The first-order valence-corrected chi connectivity index (χ1v) is 6.40. The van der Waals surface area contributed by atoms with E-state index < -0.39 is 5.79 Å². The van der Waals surface area contributed by atoms with Gasteiger partial charge in [-0.05, 0) is 16.9 Å². The molecule has 1 aliphatic rings. The minimum atomic E-state index is -0.845. The first-order chi connectivity index (χ1) is 7.77. The van der Waals surface area contributed by atoms with Crippen LogP contribution in [-0.2, 0) is 0 Å². The Morgan fingerprint density at radius 1 is 0.812 bits per heavy atom. The van der Waals surface area contributed by atoms with Crippen LogP contribution in [0.4, 0.5) is 0 Å². The van der Waals surface area contributed by atoms with Crippen LogP contribution >= 0.6 is 0 Å². The molecule has 5 nitrogen and oxygen atoms in total. The maximum atomic E-state index is 5.82. The fourth-order valence-electron chi connectivity index (χ4n) is 1.83. The highest BCUT2D eigenvalue weighted by Crippen LogP contribution is 2.21. The number of hydrogen-bond donors (Lipinski definition) is 1. The van der Waals surface area contributed by atoms with Crippen LogP contribution in [0.3, 0.4) is 0 Å². The maximum Gasteiger partial charge on any atom is 0.244 e. The quantitative estimate of drug-likeness (QED) is 0.592. The third kappa shape index (κ3) is 5.30. The Labute approximate surface area is 97.6 Å². The van der Waals surface area contributed by atoms with Crippen LogP contribution in [0.1, 0.15) is 64.7 Å². The topological polar surface area (TPSA) is 75.5 Å². The number of nitrogens with two attached hydrogens (primary N) is 1. The van der Waals surface area contributed by atoms with Gasteiger partial charge < -0.3 is 0 Å². The van der Waals surface area contributed by atoms with Crippen molar-refractivity contribution in [1.29, 1.82) is 0 Å². The van der Waals surface area contributed by atoms with Gasteiger partial charge in [0.1, 0.15) is 0 Å². The first kappa shape index (κ1) is 13.2. The van der Waals surface area contributed by atoms with Crippen molar-refractivity contribution in [3.63, 3.8) is 0 Å². The molecule has 1 rings (SSSR count). The molecular formula is C11H23N5. The third-order valence-electron chi connectivity index (χ3n) is 2.87. The maximum absolute atomic E-state index is 5.82. The summed E-state index contributed by atoms with van der Waals surface area (Å²) in [5, 5.41) is 14.5. The van der Waals surface area contributed by atoms with E-state index >= 15 is 0 Å². The van der Waals surface area contributed by atoms with E-state index in [9.17, 15) is 0 Å². The number of unbranched alkanes of at least 4 members (excludes halogenated alkanes) is 7. The van der Waals surface area contributed by atoms with E-state index in [1.165, 1.54) is 44.9 Å². The molecule has 2 N–H and O–H groups in total. The molecule has 0 spiro atoms. The third-order valence-corrected chi connectivity index (χ3v) is 2.87. The Bertz CT molecular complexity index is 225. The van der Waals surface area contributed by atoms with Gasteiger partial charge in [0.05, 0.1) is 0 Å². The highest BCUT2D eigenvalue weighted by atomic mass is 15.6. The van der Waals surface area contributed by atoms with E-state index in [0.717, 1.165) is 12.8 Å². The van der Waals surface area contributed by atoms with Crippen LogP contribution in [0.5, 0.6) is 0 Å². The minimum absolute atomic E-state index is 0.759. The molecule has 0 aliphatic carbocycles. The van der Waals surface area contributed by atoms with Gasteiger partial charge in [-0.25, -0.2) is 0 Å². The van der Waals surface area contributed by atoms with Crippen LogP contribution in [0.2, 0.25) is 0 Å². The highest BCUT2D eigenvalue weighted by molar-refractivity contribution is 4.76. The molecule has 0 unspecified atom stereocenters. The van der Waals surface area contributed by atoms with Crippen molar-refractivity contribution < 1.29 is 0 Å². The van der Waals surface area contributed by atoms with Crippen molar-refractivity contribution in [2.75, 3.05) is 0 Å². The van der Waals surface area contributed by atoms with Crippen molar-refractivity contribution in [2.24, 2.45) is 26.4 Å². The Kier molecular flexibility index (Phi) is 6.15. The Hall–Kier alpha value is -0.840. The molecule has 0 saturated heterocycles. The summed E-state index contributed by atoms with van der Waals surface area (Å²) in [4.78, 5) is 0. The number of rotatable bonds is 9. The first-order valence-electron chi connectivity index (χ1n) is 6.40. The van der Waals surface area contributed by atoms with Crippen LogP contribution in [0, 0.1) is 0 Å². The molecule has 0 aromatic heterocycles. The lowest BCUT2D eigenvalue weighted by atomic mass is 10.1. The normalized spacial score (nSPS) is 17.1. The summed E-state index contributed by atoms with van der Waals surface area (Å²) in [5.74, 6) is -0.845. The lowest BCUT2D eigenvalue weighted by molar-refractivity contribution is 0.400. The molecule has 0 aromatic rings. The van der Waals surface area contributed by atoms with Gasteiger partial charge in [0.2, 0.25) is 5.79 Å². The van der Waals surface area contributed by atoms with E-state index in [1.54, 1.807) is 0 Å². The molecule has 0 aromatic carbocycles. The van der Waals surface area contributed by atoms with Crippen molar-refractivity contribution in [3.8, 4) is 0 Å². The van der Waals surface area contributed by atoms with E-state index in [0.29, 0.717) is 0 Å².